The largest absolute Gasteiger partial charge is 0.508 e. The van der Waals surface area contributed by atoms with E-state index in [0.29, 0.717) is 50.6 Å². The molecule has 0 radical (unpaired) electrons. The molecule has 1 heterocycles. The Morgan fingerprint density at radius 2 is 1.58 bits per heavy atom. The van der Waals surface area contributed by atoms with Crippen LogP contribution in [0.25, 0.3) is 0 Å². The monoisotopic (exact) mass is 970 g/mol. The number of hydrogen-bond donors (Lipinski definition) is 10. The van der Waals surface area contributed by atoms with Gasteiger partial charge < -0.3 is 58.9 Å². The number of unbranched alkanes of at least 4 members (excludes halogenated alkanes) is 1. The van der Waals surface area contributed by atoms with Crippen molar-refractivity contribution in [3.63, 3.8) is 0 Å². The lowest BCUT2D eigenvalue weighted by Gasteiger charge is -2.31. The standard InChI is InChI=1S/C46H71BrN10O8/c1-5-29(4)40(43(62)55-37(45(64)65)24-28(2)3)56-41(60)36(25-30-17-19-33(58)20-18-30)54-42(61)38-16-11-23-57(38)44(63)35(15-10-22-51-46(49)50)52-27-32(13-8-9-21-48)53-39(59)26-31-12-6-7-14-34(31)47/h6-7,12,14,17-20,28-29,32,35-38,40,52,58H,5,8-11,13,15-16,21-27,48H2,1-4H3,(H,53,59)(H,54,61)(H,55,62)(H,56,60)(H,64,65)(H4,49,50,51)/t29-,32-,35-,36-,37-,38-,40-/m0/s1. The van der Waals surface area contributed by atoms with E-state index in [-0.39, 0.29) is 74.4 Å². The number of carbonyl (C=O) groups is 6. The van der Waals surface area contributed by atoms with Crippen molar-refractivity contribution in [3.05, 3.63) is 64.1 Å². The maximum Gasteiger partial charge on any atom is 0.326 e. The summed E-state index contributed by atoms with van der Waals surface area (Å²) in [6.45, 7) is 8.57. The molecule has 19 heteroatoms. The molecular weight excluding hydrogens is 900 g/mol. The average molecular weight is 972 g/mol. The molecule has 65 heavy (non-hydrogen) atoms. The van der Waals surface area contributed by atoms with Crippen LogP contribution in [0.1, 0.15) is 96.6 Å². The Morgan fingerprint density at radius 3 is 2.22 bits per heavy atom. The molecule has 0 saturated carbocycles. The molecule has 7 atom stereocenters. The van der Waals surface area contributed by atoms with Gasteiger partial charge in [0.2, 0.25) is 29.5 Å². The molecule has 5 amide bonds. The zero-order valence-corrected chi connectivity index (χ0v) is 39.8. The van der Waals surface area contributed by atoms with Crippen LogP contribution in [0.15, 0.2) is 58.0 Å². The Balaban J connectivity index is 1.86. The number of carboxylic acid groups (broad SMARTS) is 1. The van der Waals surface area contributed by atoms with Crippen LogP contribution < -0.4 is 43.8 Å². The molecule has 2 aromatic rings. The fourth-order valence-electron chi connectivity index (χ4n) is 7.71. The third kappa shape index (κ3) is 18.6. The second kappa shape index (κ2) is 27.9. The van der Waals surface area contributed by atoms with Gasteiger partial charge in [0.05, 0.1) is 12.5 Å². The molecule has 18 nitrogen and oxygen atoms in total. The number of aliphatic carboxylic acids is 1. The highest BCUT2D eigenvalue weighted by atomic mass is 79.9. The first-order valence-electron chi connectivity index (χ1n) is 22.7. The van der Waals surface area contributed by atoms with Gasteiger partial charge in [-0.05, 0) is 92.7 Å². The second-order valence-corrected chi connectivity index (χ2v) is 18.1. The minimum absolute atomic E-state index is 0.00735. The van der Waals surface area contributed by atoms with Gasteiger partial charge in [-0.1, -0.05) is 86.8 Å². The molecular formula is C46H71BrN10O8. The summed E-state index contributed by atoms with van der Waals surface area (Å²) in [7, 11) is 0. The average Bonchev–Trinajstić information content (AvgIpc) is 3.76. The Bertz CT molecular complexity index is 1900. The van der Waals surface area contributed by atoms with E-state index in [9.17, 15) is 39.0 Å². The van der Waals surface area contributed by atoms with E-state index < -0.39 is 59.8 Å². The van der Waals surface area contributed by atoms with Gasteiger partial charge in [0.15, 0.2) is 5.96 Å². The fraction of sp³-hybridized carbons (Fsp3) is 0.587. The number of carboxylic acids is 1. The summed E-state index contributed by atoms with van der Waals surface area (Å²) < 4.78 is 0.821. The first-order valence-corrected chi connectivity index (χ1v) is 23.5. The van der Waals surface area contributed by atoms with Crippen molar-refractivity contribution in [1.29, 1.82) is 0 Å². The van der Waals surface area contributed by atoms with Crippen LogP contribution >= 0.6 is 15.9 Å². The molecule has 1 fully saturated rings. The number of halogens is 1. The predicted octanol–water partition coefficient (Wildman–Crippen LogP) is 2.19. The van der Waals surface area contributed by atoms with E-state index in [0.717, 1.165) is 22.9 Å². The number of phenolic OH excluding ortho intramolecular Hbond substituents is 1. The van der Waals surface area contributed by atoms with E-state index in [1.54, 1.807) is 19.1 Å². The third-order valence-corrected chi connectivity index (χ3v) is 12.3. The minimum Gasteiger partial charge on any atom is -0.508 e. The van der Waals surface area contributed by atoms with Gasteiger partial charge in [0.25, 0.3) is 0 Å². The first kappa shape index (κ1) is 54.1. The van der Waals surface area contributed by atoms with E-state index >= 15 is 0 Å². The molecule has 0 bridgehead atoms. The van der Waals surface area contributed by atoms with Crippen LogP contribution in [0.2, 0.25) is 0 Å². The van der Waals surface area contributed by atoms with Crippen molar-refractivity contribution >= 4 is 57.4 Å². The Morgan fingerprint density at radius 1 is 0.877 bits per heavy atom. The normalized spacial score (nSPS) is 16.4. The quantitative estimate of drug-likeness (QED) is 0.0334. The molecule has 360 valence electrons. The number of phenols is 1. The number of amides is 5. The number of aromatic hydroxyl groups is 1. The Hall–Kier alpha value is -5.27. The van der Waals surface area contributed by atoms with Gasteiger partial charge in [-0.3, -0.25) is 29.0 Å². The second-order valence-electron chi connectivity index (χ2n) is 17.2. The van der Waals surface area contributed by atoms with Crippen LogP contribution in [0, 0.1) is 11.8 Å². The highest BCUT2D eigenvalue weighted by Crippen LogP contribution is 2.22. The summed E-state index contributed by atoms with van der Waals surface area (Å²) in [4.78, 5) is 87.6. The number of nitrogens with two attached hydrogens (primary N) is 3. The summed E-state index contributed by atoms with van der Waals surface area (Å²) in [6, 6.07) is 8.03. The van der Waals surface area contributed by atoms with Crippen LogP contribution in [-0.4, -0.2) is 119 Å². The van der Waals surface area contributed by atoms with Crippen molar-refractivity contribution in [3.8, 4) is 5.75 Å². The lowest BCUT2D eigenvalue weighted by molar-refractivity contribution is -0.143. The molecule has 1 aliphatic rings. The minimum atomic E-state index is -1.22. The number of likely N-dealkylation sites (tertiary alicyclic amines) is 1. The van der Waals surface area contributed by atoms with E-state index in [4.69, 9.17) is 17.2 Å². The first-order chi connectivity index (χ1) is 30.9. The zero-order chi connectivity index (χ0) is 48.1. The molecule has 3 rings (SSSR count). The van der Waals surface area contributed by atoms with E-state index in [1.807, 2.05) is 45.0 Å². The van der Waals surface area contributed by atoms with Gasteiger partial charge in [0, 0.05) is 36.6 Å². The van der Waals surface area contributed by atoms with Gasteiger partial charge >= 0.3 is 5.97 Å². The Labute approximate surface area is 391 Å². The number of rotatable bonds is 28. The number of hydrogen-bond acceptors (Lipinski definition) is 10. The molecule has 1 aliphatic heterocycles. The highest BCUT2D eigenvalue weighted by Gasteiger charge is 2.39. The number of benzene rings is 2. The van der Waals surface area contributed by atoms with Gasteiger partial charge in [-0.15, -0.1) is 0 Å². The molecule has 2 aromatic carbocycles. The van der Waals surface area contributed by atoms with Gasteiger partial charge in [0.1, 0.15) is 29.9 Å². The zero-order valence-electron chi connectivity index (χ0n) is 38.2. The molecule has 0 unspecified atom stereocenters. The van der Waals surface area contributed by atoms with Crippen molar-refractivity contribution in [2.75, 3.05) is 26.2 Å². The number of nitrogens with zero attached hydrogens (tertiary/aromatic N) is 2. The van der Waals surface area contributed by atoms with E-state index in [1.165, 1.54) is 17.0 Å². The van der Waals surface area contributed by atoms with Gasteiger partial charge in [-0.2, -0.15) is 0 Å². The number of carbonyl (C=O) groups excluding carboxylic acids is 5. The van der Waals surface area contributed by atoms with Crippen molar-refractivity contribution in [1.82, 2.24) is 31.5 Å². The fourth-order valence-corrected chi connectivity index (χ4v) is 8.14. The lowest BCUT2D eigenvalue weighted by atomic mass is 9.96. The van der Waals surface area contributed by atoms with Crippen molar-refractivity contribution < 1.29 is 39.0 Å². The van der Waals surface area contributed by atoms with Crippen molar-refractivity contribution in [2.45, 2.75) is 135 Å². The summed E-state index contributed by atoms with van der Waals surface area (Å²) in [5.41, 5.74) is 18.4. The van der Waals surface area contributed by atoms with E-state index in [2.05, 4.69) is 47.5 Å². The van der Waals surface area contributed by atoms with Crippen LogP contribution in [0.4, 0.5) is 0 Å². The van der Waals surface area contributed by atoms with Gasteiger partial charge in [-0.25, -0.2) is 4.79 Å². The molecule has 0 aliphatic carbocycles. The van der Waals surface area contributed by atoms with Crippen molar-refractivity contribution in [2.24, 2.45) is 34.0 Å². The SMILES string of the molecule is CC[C@H](C)[C@H](NC(=O)[C@H](Cc1ccc(O)cc1)NC(=O)[C@@H]1CCCN1C(=O)[C@H](CCCN=C(N)N)NC[C@H](CCCCN)NC(=O)Cc1ccccc1Br)C(=O)N[C@@H](CC(C)C)C(=O)O. The summed E-state index contributed by atoms with van der Waals surface area (Å²) >= 11 is 3.51. The van der Waals surface area contributed by atoms with Crippen LogP contribution in [-0.2, 0) is 41.6 Å². The molecule has 0 aromatic heterocycles. The molecule has 0 spiro atoms. The number of guanidine groups is 1. The van der Waals surface area contributed by atoms with Crippen LogP contribution in [0.5, 0.6) is 5.75 Å². The summed E-state index contributed by atoms with van der Waals surface area (Å²) in [6.07, 6.45) is 4.48. The Kier molecular flexibility index (Phi) is 23.2. The van der Waals surface area contributed by atoms with Crippen LogP contribution in [0.3, 0.4) is 0 Å². The smallest absolute Gasteiger partial charge is 0.326 e. The molecule has 1 saturated heterocycles. The lowest BCUT2D eigenvalue weighted by Crippen LogP contribution is -2.60. The molecule has 13 N–H and O–H groups in total. The summed E-state index contributed by atoms with van der Waals surface area (Å²) in [5.74, 6) is -4.13. The topological polar surface area (TPSA) is 297 Å². The number of aliphatic imine (C=N–C) groups is 1. The maximum absolute atomic E-state index is 14.5. The summed E-state index contributed by atoms with van der Waals surface area (Å²) in [5, 5.41) is 34.5. The number of nitrogens with one attached hydrogen (secondary N) is 5. The highest BCUT2D eigenvalue weighted by molar-refractivity contribution is 9.10. The maximum atomic E-state index is 14.5. The predicted molar refractivity (Wildman–Crippen MR) is 253 cm³/mol. The third-order valence-electron chi connectivity index (χ3n) is 11.5.